The second-order valence-electron chi connectivity index (χ2n) is 4.36. The summed E-state index contributed by atoms with van der Waals surface area (Å²) >= 11 is 0. The first kappa shape index (κ1) is 11.5. The molecule has 0 aliphatic carbocycles. The van der Waals surface area contributed by atoms with Crippen molar-refractivity contribution < 1.29 is 0 Å². The lowest BCUT2D eigenvalue weighted by Gasteiger charge is -2.11. The molecule has 1 nitrogen and oxygen atoms in total. The quantitative estimate of drug-likeness (QED) is 0.622. The average molecular weight is 169 g/mol. The van der Waals surface area contributed by atoms with Crippen LogP contribution in [0.1, 0.15) is 47.0 Å². The molecule has 72 valence electrons. The molecule has 0 saturated carbocycles. The monoisotopic (exact) mass is 169 g/mol. The summed E-state index contributed by atoms with van der Waals surface area (Å²) in [6.45, 7) is 9.96. The Balaban J connectivity index is 3.25. The average Bonchev–Trinajstić information content (AvgIpc) is 1.94. The smallest absolute Gasteiger partial charge is 0.0141 e. The van der Waals surface area contributed by atoms with Crippen molar-refractivity contribution >= 4 is 0 Å². The Morgan fingerprint density at radius 1 is 1.17 bits per heavy atom. The maximum absolute atomic E-state index is 3.30. The highest BCUT2D eigenvalue weighted by Crippen LogP contribution is 2.13. The van der Waals surface area contributed by atoms with Gasteiger partial charge in [0.05, 0.1) is 0 Å². The zero-order valence-corrected chi connectivity index (χ0v) is 8.98. The lowest BCUT2D eigenvalue weighted by atomic mass is 9.97. The van der Waals surface area contributed by atoms with Gasteiger partial charge in [-0.05, 0) is 18.0 Å². The minimum absolute atomic E-state index is 0.303. The fraction of sp³-hybridized carbons (Fsp3) is 0.818. The van der Waals surface area contributed by atoms with Gasteiger partial charge in [-0.2, -0.15) is 0 Å². The zero-order chi connectivity index (χ0) is 9.45. The van der Waals surface area contributed by atoms with Crippen molar-refractivity contribution in [1.82, 2.24) is 5.32 Å². The summed E-state index contributed by atoms with van der Waals surface area (Å²) in [5.41, 5.74) is 0.303. The van der Waals surface area contributed by atoms with E-state index in [1.54, 1.807) is 0 Å². The van der Waals surface area contributed by atoms with Gasteiger partial charge in [0.2, 0.25) is 0 Å². The molecule has 0 unspecified atom stereocenters. The van der Waals surface area contributed by atoms with Crippen molar-refractivity contribution in [3.63, 3.8) is 0 Å². The van der Waals surface area contributed by atoms with E-state index in [9.17, 15) is 0 Å². The van der Waals surface area contributed by atoms with Crippen LogP contribution in [0.4, 0.5) is 0 Å². The van der Waals surface area contributed by atoms with Crippen molar-refractivity contribution in [2.24, 2.45) is 5.41 Å². The third-order valence-electron chi connectivity index (χ3n) is 1.63. The van der Waals surface area contributed by atoms with Crippen LogP contribution in [0.5, 0.6) is 0 Å². The maximum Gasteiger partial charge on any atom is 0.0141 e. The third-order valence-corrected chi connectivity index (χ3v) is 1.63. The Labute approximate surface area is 77.2 Å². The van der Waals surface area contributed by atoms with Crippen LogP contribution in [-0.4, -0.2) is 6.54 Å². The molecule has 12 heavy (non-hydrogen) atoms. The number of allylic oxidation sites excluding steroid dienone is 1. The van der Waals surface area contributed by atoms with Crippen LogP contribution in [0, 0.1) is 5.41 Å². The molecule has 0 bridgehead atoms. The van der Waals surface area contributed by atoms with Crippen LogP contribution in [0.15, 0.2) is 12.3 Å². The number of unbranched alkanes of at least 4 members (excludes halogenated alkanes) is 2. The Bertz CT molecular complexity index is 119. The second-order valence-corrected chi connectivity index (χ2v) is 4.36. The topological polar surface area (TPSA) is 12.0 Å². The Hall–Kier alpha value is -0.460. The summed E-state index contributed by atoms with van der Waals surface area (Å²) in [6.07, 6.45) is 8.20. The van der Waals surface area contributed by atoms with Crippen molar-refractivity contribution in [2.45, 2.75) is 47.0 Å². The molecule has 0 heterocycles. The lowest BCUT2D eigenvalue weighted by molar-refractivity contribution is 0.539. The summed E-state index contributed by atoms with van der Waals surface area (Å²) in [4.78, 5) is 0. The molecule has 1 heteroatoms. The molecule has 0 rings (SSSR count). The number of hydrogen-bond acceptors (Lipinski definition) is 1. The summed E-state index contributed by atoms with van der Waals surface area (Å²) in [7, 11) is 0. The summed E-state index contributed by atoms with van der Waals surface area (Å²) < 4.78 is 0. The summed E-state index contributed by atoms with van der Waals surface area (Å²) in [5.74, 6) is 0. The number of hydrogen-bond donors (Lipinski definition) is 1. The van der Waals surface area contributed by atoms with Gasteiger partial charge in [-0.3, -0.25) is 0 Å². The van der Waals surface area contributed by atoms with Crippen LogP contribution in [0.25, 0.3) is 0 Å². The van der Waals surface area contributed by atoms with Crippen LogP contribution in [-0.2, 0) is 0 Å². The third kappa shape index (κ3) is 9.54. The molecule has 0 radical (unpaired) electrons. The molecule has 0 aliphatic rings. The van der Waals surface area contributed by atoms with E-state index in [-0.39, 0.29) is 0 Å². The predicted molar refractivity (Wildman–Crippen MR) is 56.1 cm³/mol. The molecule has 0 atom stereocenters. The molecule has 0 aromatic carbocycles. The van der Waals surface area contributed by atoms with E-state index >= 15 is 0 Å². The molecule has 0 amide bonds. The maximum atomic E-state index is 3.30. The van der Waals surface area contributed by atoms with Crippen molar-refractivity contribution in [3.8, 4) is 0 Å². The van der Waals surface area contributed by atoms with E-state index in [1.165, 1.54) is 19.3 Å². The fourth-order valence-electron chi connectivity index (χ4n) is 0.869. The van der Waals surface area contributed by atoms with Gasteiger partial charge < -0.3 is 5.32 Å². The highest BCUT2D eigenvalue weighted by atomic mass is 14.8. The van der Waals surface area contributed by atoms with Gasteiger partial charge in [0.1, 0.15) is 0 Å². The second kappa shape index (κ2) is 6.10. The Morgan fingerprint density at radius 2 is 1.83 bits per heavy atom. The van der Waals surface area contributed by atoms with E-state index in [1.807, 2.05) is 0 Å². The minimum atomic E-state index is 0.303. The summed E-state index contributed by atoms with van der Waals surface area (Å²) in [6, 6.07) is 0. The van der Waals surface area contributed by atoms with Gasteiger partial charge in [0.15, 0.2) is 0 Å². The van der Waals surface area contributed by atoms with E-state index in [0.717, 1.165) is 6.54 Å². The largest absolute Gasteiger partial charge is 0.391 e. The normalized spacial score (nSPS) is 12.3. The highest BCUT2D eigenvalue weighted by Gasteiger charge is 2.02. The van der Waals surface area contributed by atoms with E-state index in [0.29, 0.717) is 5.41 Å². The van der Waals surface area contributed by atoms with Crippen molar-refractivity contribution in [2.75, 3.05) is 6.54 Å². The van der Waals surface area contributed by atoms with Gasteiger partial charge in [0.25, 0.3) is 0 Å². The molecular weight excluding hydrogens is 146 g/mol. The Kier molecular flexibility index (Phi) is 5.87. The number of nitrogens with one attached hydrogen (secondary N) is 1. The first-order chi connectivity index (χ1) is 5.56. The van der Waals surface area contributed by atoms with E-state index < -0.39 is 0 Å². The molecule has 0 saturated heterocycles. The lowest BCUT2D eigenvalue weighted by Crippen LogP contribution is -2.09. The van der Waals surface area contributed by atoms with Gasteiger partial charge in [-0.1, -0.05) is 46.6 Å². The van der Waals surface area contributed by atoms with E-state index in [4.69, 9.17) is 0 Å². The van der Waals surface area contributed by atoms with Crippen molar-refractivity contribution in [3.05, 3.63) is 12.3 Å². The molecule has 0 aromatic rings. The fourth-order valence-corrected chi connectivity index (χ4v) is 0.869. The minimum Gasteiger partial charge on any atom is -0.391 e. The van der Waals surface area contributed by atoms with Crippen LogP contribution in [0.2, 0.25) is 0 Å². The Morgan fingerprint density at radius 3 is 2.33 bits per heavy atom. The molecular formula is C11H23N. The van der Waals surface area contributed by atoms with Gasteiger partial charge in [0, 0.05) is 6.54 Å². The molecule has 0 aromatic heterocycles. The van der Waals surface area contributed by atoms with E-state index in [2.05, 4.69) is 45.3 Å². The first-order valence-corrected chi connectivity index (χ1v) is 4.97. The van der Waals surface area contributed by atoms with Crippen LogP contribution >= 0.6 is 0 Å². The summed E-state index contributed by atoms with van der Waals surface area (Å²) in [5, 5.41) is 3.30. The SMILES string of the molecule is CCCCCN/C=C/C(C)(C)C. The number of rotatable bonds is 5. The van der Waals surface area contributed by atoms with Crippen molar-refractivity contribution in [1.29, 1.82) is 0 Å². The molecule has 0 aliphatic heterocycles. The molecule has 0 spiro atoms. The predicted octanol–water partition coefficient (Wildman–Crippen LogP) is 3.33. The molecule has 0 fully saturated rings. The molecule has 1 N–H and O–H groups in total. The van der Waals surface area contributed by atoms with Gasteiger partial charge in [-0.25, -0.2) is 0 Å². The van der Waals surface area contributed by atoms with Crippen LogP contribution in [0.3, 0.4) is 0 Å². The standard InChI is InChI=1S/C11H23N/c1-5-6-7-9-12-10-8-11(2,3)4/h8,10,12H,5-7,9H2,1-4H3/b10-8+. The highest BCUT2D eigenvalue weighted by molar-refractivity contribution is 4.90. The van der Waals surface area contributed by atoms with Crippen LogP contribution < -0.4 is 5.32 Å². The van der Waals surface area contributed by atoms with Gasteiger partial charge >= 0.3 is 0 Å². The van der Waals surface area contributed by atoms with Gasteiger partial charge in [-0.15, -0.1) is 0 Å². The zero-order valence-electron chi connectivity index (χ0n) is 8.98. The first-order valence-electron chi connectivity index (χ1n) is 4.97.